The summed E-state index contributed by atoms with van der Waals surface area (Å²) in [6.45, 7) is -1.71. The highest BCUT2D eigenvalue weighted by atomic mass is 19.4. The molecule has 0 aliphatic rings. The van der Waals surface area contributed by atoms with Gasteiger partial charge in [-0.3, -0.25) is 4.79 Å². The zero-order valence-electron chi connectivity index (χ0n) is 15.6. The molecule has 0 heterocycles. The standard InChI is InChI=1S/C15H16F14O2/c1-3-9(2,15(27,28)29)8(30)31-7-13(22,23)11(18,19)5-4-10(16,17)12(20,21)6-14(24,25)26/h3-7H2,1-2H3. The van der Waals surface area contributed by atoms with Gasteiger partial charge in [-0.25, -0.2) is 0 Å². The van der Waals surface area contributed by atoms with Crippen LogP contribution in [0.5, 0.6) is 0 Å². The highest BCUT2D eigenvalue weighted by molar-refractivity contribution is 5.77. The molecule has 16 heteroatoms. The first kappa shape index (κ1) is 29.5. The summed E-state index contributed by atoms with van der Waals surface area (Å²) in [5, 5.41) is 0. The Morgan fingerprint density at radius 2 is 1.06 bits per heavy atom. The van der Waals surface area contributed by atoms with Crippen LogP contribution in [-0.4, -0.2) is 48.6 Å². The smallest absolute Gasteiger partial charge is 0.404 e. The molecule has 0 aliphatic heterocycles. The van der Waals surface area contributed by atoms with Gasteiger partial charge in [0.05, 0.1) is 0 Å². The fraction of sp³-hybridized carbons (Fsp3) is 0.933. The lowest BCUT2D eigenvalue weighted by atomic mass is 9.87. The summed E-state index contributed by atoms with van der Waals surface area (Å²) in [7, 11) is 0. The third kappa shape index (κ3) is 6.99. The molecule has 31 heavy (non-hydrogen) atoms. The predicted molar refractivity (Wildman–Crippen MR) is 75.1 cm³/mol. The molecule has 0 aromatic heterocycles. The number of alkyl halides is 14. The van der Waals surface area contributed by atoms with E-state index in [1.54, 1.807) is 0 Å². The molecule has 1 atom stereocenters. The van der Waals surface area contributed by atoms with Crippen molar-refractivity contribution < 1.29 is 71.0 Å². The average Bonchev–Trinajstić information content (AvgIpc) is 2.53. The Morgan fingerprint density at radius 3 is 1.39 bits per heavy atom. The summed E-state index contributed by atoms with van der Waals surface area (Å²) in [6.07, 6.45) is -21.2. The van der Waals surface area contributed by atoms with Crippen LogP contribution >= 0.6 is 0 Å². The molecule has 186 valence electrons. The molecule has 0 aromatic rings. The van der Waals surface area contributed by atoms with Crippen molar-refractivity contribution in [3.05, 3.63) is 0 Å². The van der Waals surface area contributed by atoms with E-state index in [4.69, 9.17) is 0 Å². The van der Waals surface area contributed by atoms with Gasteiger partial charge in [0.25, 0.3) is 0 Å². The summed E-state index contributed by atoms with van der Waals surface area (Å²) in [4.78, 5) is 11.5. The van der Waals surface area contributed by atoms with E-state index in [2.05, 4.69) is 4.74 Å². The average molecular weight is 494 g/mol. The minimum atomic E-state index is -5.90. The third-order valence-corrected chi connectivity index (χ3v) is 4.41. The van der Waals surface area contributed by atoms with Gasteiger partial charge < -0.3 is 4.74 Å². The van der Waals surface area contributed by atoms with E-state index >= 15 is 0 Å². The zero-order chi connectivity index (χ0) is 25.3. The SMILES string of the molecule is CCC(C)(C(=O)OCC(F)(F)C(F)(F)CCC(F)(F)C(F)(F)CC(F)(F)F)C(F)(F)F. The van der Waals surface area contributed by atoms with Crippen molar-refractivity contribution in [2.75, 3.05) is 6.61 Å². The second kappa shape index (κ2) is 8.79. The Labute approximate surface area is 165 Å². The first-order valence-corrected chi connectivity index (χ1v) is 8.17. The summed E-state index contributed by atoms with van der Waals surface area (Å²) < 4.78 is 185. The lowest BCUT2D eigenvalue weighted by molar-refractivity contribution is -0.279. The fourth-order valence-corrected chi connectivity index (χ4v) is 1.94. The van der Waals surface area contributed by atoms with Crippen LogP contribution in [0, 0.1) is 5.41 Å². The number of rotatable bonds is 10. The number of halogens is 14. The van der Waals surface area contributed by atoms with Gasteiger partial charge in [0, 0.05) is 12.8 Å². The highest BCUT2D eigenvalue weighted by Gasteiger charge is 2.64. The molecule has 1 unspecified atom stereocenters. The Balaban J connectivity index is 5.32. The Bertz CT molecular complexity index is 622. The minimum absolute atomic E-state index is 0.217. The first-order chi connectivity index (χ1) is 13.4. The van der Waals surface area contributed by atoms with Gasteiger partial charge in [0.15, 0.2) is 12.0 Å². The van der Waals surface area contributed by atoms with Gasteiger partial charge >= 0.3 is 42.0 Å². The number of hydrogen-bond donors (Lipinski definition) is 0. The predicted octanol–water partition coefficient (Wildman–Crippen LogP) is 6.78. The minimum Gasteiger partial charge on any atom is -0.458 e. The van der Waals surface area contributed by atoms with E-state index in [1.165, 1.54) is 0 Å². The van der Waals surface area contributed by atoms with Gasteiger partial charge in [0.2, 0.25) is 0 Å². The van der Waals surface area contributed by atoms with Gasteiger partial charge in [-0.2, -0.15) is 61.5 Å². The number of ether oxygens (including phenoxy) is 1. The summed E-state index contributed by atoms with van der Waals surface area (Å²) in [5.74, 6) is -25.3. The van der Waals surface area contributed by atoms with Crippen LogP contribution in [0.25, 0.3) is 0 Å². The second-order valence-corrected chi connectivity index (χ2v) is 6.87. The molecule has 0 aromatic carbocycles. The van der Waals surface area contributed by atoms with E-state index in [1.807, 2.05) is 0 Å². The normalized spacial score (nSPS) is 16.8. The molecule has 0 fully saturated rings. The lowest BCUT2D eigenvalue weighted by Crippen LogP contribution is -2.50. The molecule has 0 rings (SSSR count). The van der Waals surface area contributed by atoms with Crippen LogP contribution in [0.4, 0.5) is 61.5 Å². The Kier molecular flexibility index (Phi) is 8.36. The summed E-state index contributed by atoms with van der Waals surface area (Å²) >= 11 is 0. The van der Waals surface area contributed by atoms with Crippen molar-refractivity contribution in [2.45, 2.75) is 75.6 Å². The van der Waals surface area contributed by atoms with Gasteiger partial charge in [-0.15, -0.1) is 0 Å². The maximum absolute atomic E-state index is 13.6. The van der Waals surface area contributed by atoms with E-state index in [0.29, 0.717) is 0 Å². The topological polar surface area (TPSA) is 26.3 Å². The van der Waals surface area contributed by atoms with Crippen molar-refractivity contribution in [2.24, 2.45) is 5.41 Å². The van der Waals surface area contributed by atoms with E-state index in [9.17, 15) is 66.3 Å². The molecule has 0 radical (unpaired) electrons. The van der Waals surface area contributed by atoms with Gasteiger partial charge in [0.1, 0.15) is 6.42 Å². The van der Waals surface area contributed by atoms with Crippen molar-refractivity contribution in [3.63, 3.8) is 0 Å². The van der Waals surface area contributed by atoms with E-state index in [-0.39, 0.29) is 6.92 Å². The molecule has 0 amide bonds. The molecule has 0 saturated carbocycles. The molecular weight excluding hydrogens is 478 g/mol. The summed E-state index contributed by atoms with van der Waals surface area (Å²) in [5.41, 5.74) is -3.37. The second-order valence-electron chi connectivity index (χ2n) is 6.87. The fourth-order valence-electron chi connectivity index (χ4n) is 1.94. The summed E-state index contributed by atoms with van der Waals surface area (Å²) in [6, 6.07) is 0. The molecule has 0 spiro atoms. The monoisotopic (exact) mass is 494 g/mol. The molecule has 0 N–H and O–H groups in total. The molecule has 0 saturated heterocycles. The van der Waals surface area contributed by atoms with Crippen molar-refractivity contribution in [1.82, 2.24) is 0 Å². The molecular formula is C15H16F14O2. The van der Waals surface area contributed by atoms with Crippen LogP contribution in [0.1, 0.15) is 39.5 Å². The van der Waals surface area contributed by atoms with E-state index < -0.39 is 79.7 Å². The zero-order valence-corrected chi connectivity index (χ0v) is 15.6. The van der Waals surface area contributed by atoms with Crippen LogP contribution in [0.3, 0.4) is 0 Å². The van der Waals surface area contributed by atoms with Gasteiger partial charge in [-0.05, 0) is 13.3 Å². The Hall–Kier alpha value is -1.51. The van der Waals surface area contributed by atoms with Crippen molar-refractivity contribution >= 4 is 5.97 Å². The highest BCUT2D eigenvalue weighted by Crippen LogP contribution is 2.48. The van der Waals surface area contributed by atoms with Gasteiger partial charge in [-0.1, -0.05) is 6.92 Å². The Morgan fingerprint density at radius 1 is 0.677 bits per heavy atom. The number of carbonyl (C=O) groups excluding carboxylic acids is 1. The van der Waals surface area contributed by atoms with Crippen LogP contribution < -0.4 is 0 Å². The first-order valence-electron chi connectivity index (χ1n) is 8.17. The molecule has 0 bridgehead atoms. The largest absolute Gasteiger partial charge is 0.458 e. The van der Waals surface area contributed by atoms with Crippen molar-refractivity contribution in [1.29, 1.82) is 0 Å². The molecule has 2 nitrogen and oxygen atoms in total. The number of carbonyl (C=O) groups is 1. The van der Waals surface area contributed by atoms with Crippen LogP contribution in [-0.2, 0) is 9.53 Å². The van der Waals surface area contributed by atoms with Crippen LogP contribution in [0.15, 0.2) is 0 Å². The quantitative estimate of drug-likeness (QED) is 0.247. The molecule has 0 aliphatic carbocycles. The van der Waals surface area contributed by atoms with Crippen molar-refractivity contribution in [3.8, 4) is 0 Å². The maximum Gasteiger partial charge on any atom is 0.404 e. The third-order valence-electron chi connectivity index (χ3n) is 4.41. The maximum atomic E-state index is 13.6. The number of esters is 1. The lowest BCUT2D eigenvalue weighted by Gasteiger charge is -2.32. The van der Waals surface area contributed by atoms with E-state index in [0.717, 1.165) is 6.92 Å². The number of hydrogen-bond acceptors (Lipinski definition) is 2. The van der Waals surface area contributed by atoms with Crippen LogP contribution in [0.2, 0.25) is 0 Å².